The van der Waals surface area contributed by atoms with E-state index in [-0.39, 0.29) is 36.4 Å². The number of halogens is 2. The largest absolute Gasteiger partial charge is 0.482 e. The van der Waals surface area contributed by atoms with Crippen LogP contribution in [0.15, 0.2) is 18.2 Å². The van der Waals surface area contributed by atoms with Crippen molar-refractivity contribution in [2.45, 2.75) is 13.8 Å². The Kier molecular flexibility index (Phi) is 6.94. The maximum Gasteiger partial charge on any atom is 0.325 e. The van der Waals surface area contributed by atoms with Crippen LogP contribution in [0.4, 0.5) is 4.39 Å². The minimum Gasteiger partial charge on any atom is -0.482 e. The van der Waals surface area contributed by atoms with Gasteiger partial charge in [-0.25, -0.2) is 4.39 Å². The summed E-state index contributed by atoms with van der Waals surface area (Å²) in [6.07, 6.45) is 0. The van der Waals surface area contributed by atoms with Crippen molar-refractivity contribution in [3.63, 3.8) is 0 Å². The van der Waals surface area contributed by atoms with Crippen LogP contribution in [-0.4, -0.2) is 43.1 Å². The Hall–Kier alpha value is -1.82. The van der Waals surface area contributed by atoms with E-state index in [1.165, 1.54) is 17.0 Å². The Balaban J connectivity index is 2.56. The number of rotatable bonds is 7. The number of amides is 1. The van der Waals surface area contributed by atoms with E-state index < -0.39 is 11.8 Å². The average molecular weight is 318 g/mol. The van der Waals surface area contributed by atoms with E-state index in [1.54, 1.807) is 13.8 Å². The standard InChI is InChI=1S/C14H17ClFNO4/c1-3-17(8-14(19)20-4-2)13(18)9-21-12-6-5-10(16)7-11(12)15/h5-7H,3-4,8-9H2,1-2H3. The van der Waals surface area contributed by atoms with Crippen LogP contribution >= 0.6 is 11.6 Å². The number of carbonyl (C=O) groups is 2. The van der Waals surface area contributed by atoms with E-state index in [0.717, 1.165) is 6.07 Å². The van der Waals surface area contributed by atoms with E-state index in [4.69, 9.17) is 21.1 Å². The molecule has 0 bridgehead atoms. The molecule has 7 heteroatoms. The first-order valence-corrected chi connectivity index (χ1v) is 6.87. The molecule has 0 heterocycles. The zero-order valence-corrected chi connectivity index (χ0v) is 12.7. The quantitative estimate of drug-likeness (QED) is 0.724. The molecule has 1 amide bonds. The van der Waals surface area contributed by atoms with Gasteiger partial charge in [0, 0.05) is 6.54 Å². The Morgan fingerprint density at radius 1 is 1.33 bits per heavy atom. The molecular formula is C14H17ClFNO4. The van der Waals surface area contributed by atoms with E-state index >= 15 is 0 Å². The van der Waals surface area contributed by atoms with Gasteiger partial charge in [0.25, 0.3) is 5.91 Å². The molecule has 0 aromatic heterocycles. The lowest BCUT2D eigenvalue weighted by Crippen LogP contribution is -2.39. The highest BCUT2D eigenvalue weighted by Gasteiger charge is 2.17. The number of benzene rings is 1. The summed E-state index contributed by atoms with van der Waals surface area (Å²) in [5.74, 6) is -1.15. The Labute approximate surface area is 127 Å². The molecule has 5 nitrogen and oxygen atoms in total. The fourth-order valence-electron chi connectivity index (χ4n) is 1.56. The van der Waals surface area contributed by atoms with E-state index in [9.17, 15) is 14.0 Å². The van der Waals surface area contributed by atoms with Gasteiger partial charge in [-0.3, -0.25) is 9.59 Å². The molecule has 0 spiro atoms. The minimum atomic E-state index is -0.490. The third-order valence-corrected chi connectivity index (χ3v) is 2.90. The van der Waals surface area contributed by atoms with Gasteiger partial charge >= 0.3 is 5.97 Å². The van der Waals surface area contributed by atoms with E-state index in [2.05, 4.69) is 0 Å². The first kappa shape index (κ1) is 17.2. The lowest BCUT2D eigenvalue weighted by atomic mass is 10.3. The molecule has 0 saturated heterocycles. The molecule has 0 saturated carbocycles. The van der Waals surface area contributed by atoms with Crippen molar-refractivity contribution in [1.82, 2.24) is 4.90 Å². The second-order valence-electron chi connectivity index (χ2n) is 4.08. The summed E-state index contributed by atoms with van der Waals surface area (Å²) in [4.78, 5) is 24.6. The Bertz CT molecular complexity index is 510. The van der Waals surface area contributed by atoms with Gasteiger partial charge in [-0.05, 0) is 32.0 Å². The monoisotopic (exact) mass is 317 g/mol. The summed E-state index contributed by atoms with van der Waals surface area (Å²) in [6, 6.07) is 3.62. The fourth-order valence-corrected chi connectivity index (χ4v) is 1.78. The van der Waals surface area contributed by atoms with Gasteiger partial charge in [0.2, 0.25) is 0 Å². The van der Waals surface area contributed by atoms with Gasteiger partial charge in [-0.2, -0.15) is 0 Å². The van der Waals surface area contributed by atoms with Crippen molar-refractivity contribution in [1.29, 1.82) is 0 Å². The third-order valence-electron chi connectivity index (χ3n) is 2.60. The van der Waals surface area contributed by atoms with Crippen molar-refractivity contribution in [2.24, 2.45) is 0 Å². The maximum absolute atomic E-state index is 12.9. The van der Waals surface area contributed by atoms with E-state index in [0.29, 0.717) is 6.54 Å². The van der Waals surface area contributed by atoms with Crippen molar-refractivity contribution in [3.8, 4) is 5.75 Å². The molecule has 21 heavy (non-hydrogen) atoms. The van der Waals surface area contributed by atoms with Crippen molar-refractivity contribution in [3.05, 3.63) is 29.0 Å². The zero-order chi connectivity index (χ0) is 15.8. The molecular weight excluding hydrogens is 301 g/mol. The van der Waals surface area contributed by atoms with Crippen LogP contribution in [0.1, 0.15) is 13.8 Å². The highest BCUT2D eigenvalue weighted by atomic mass is 35.5. The van der Waals surface area contributed by atoms with Crippen molar-refractivity contribution < 1.29 is 23.5 Å². The van der Waals surface area contributed by atoms with Gasteiger partial charge in [0.15, 0.2) is 6.61 Å². The number of nitrogens with zero attached hydrogens (tertiary/aromatic N) is 1. The minimum absolute atomic E-state index is 0.0799. The number of likely N-dealkylation sites (N-methyl/N-ethyl adjacent to an activating group) is 1. The molecule has 0 aliphatic carbocycles. The number of carbonyl (C=O) groups excluding carboxylic acids is 2. The molecule has 0 aliphatic heterocycles. The first-order valence-electron chi connectivity index (χ1n) is 6.49. The smallest absolute Gasteiger partial charge is 0.325 e. The van der Waals surface area contributed by atoms with Gasteiger partial charge in [0.1, 0.15) is 18.1 Å². The molecule has 0 radical (unpaired) electrons. The van der Waals surface area contributed by atoms with Gasteiger partial charge in [0.05, 0.1) is 11.6 Å². The lowest BCUT2D eigenvalue weighted by Gasteiger charge is -2.20. The second kappa shape index (κ2) is 8.46. The predicted molar refractivity (Wildman–Crippen MR) is 75.8 cm³/mol. The highest BCUT2D eigenvalue weighted by molar-refractivity contribution is 6.32. The lowest BCUT2D eigenvalue weighted by molar-refractivity contribution is -0.149. The average Bonchev–Trinajstić information content (AvgIpc) is 2.43. The highest BCUT2D eigenvalue weighted by Crippen LogP contribution is 2.24. The normalized spacial score (nSPS) is 10.1. The number of esters is 1. The van der Waals surface area contributed by atoms with Crippen LogP contribution in [0.3, 0.4) is 0 Å². The summed E-state index contributed by atoms with van der Waals surface area (Å²) in [5.41, 5.74) is 0. The summed E-state index contributed by atoms with van der Waals surface area (Å²) < 4.78 is 22.9. The SMILES string of the molecule is CCOC(=O)CN(CC)C(=O)COc1ccc(F)cc1Cl. The molecule has 116 valence electrons. The molecule has 0 aliphatic rings. The van der Waals surface area contributed by atoms with Gasteiger partial charge in [-0.1, -0.05) is 11.6 Å². The first-order chi connectivity index (χ1) is 9.97. The molecule has 1 aromatic carbocycles. The Morgan fingerprint density at radius 3 is 2.62 bits per heavy atom. The molecule has 0 atom stereocenters. The van der Waals surface area contributed by atoms with Gasteiger partial charge in [-0.15, -0.1) is 0 Å². The van der Waals surface area contributed by atoms with Crippen LogP contribution in [0.5, 0.6) is 5.75 Å². The summed E-state index contributed by atoms with van der Waals surface area (Å²) >= 11 is 5.79. The Morgan fingerprint density at radius 2 is 2.05 bits per heavy atom. The molecule has 1 aromatic rings. The van der Waals surface area contributed by atoms with Crippen LogP contribution < -0.4 is 4.74 Å². The van der Waals surface area contributed by atoms with Gasteiger partial charge < -0.3 is 14.4 Å². The van der Waals surface area contributed by atoms with Crippen LogP contribution in [0, 0.1) is 5.82 Å². The topological polar surface area (TPSA) is 55.8 Å². The maximum atomic E-state index is 12.9. The molecule has 0 fully saturated rings. The molecule has 1 rings (SSSR count). The number of hydrogen-bond donors (Lipinski definition) is 0. The van der Waals surface area contributed by atoms with E-state index in [1.807, 2.05) is 0 Å². The summed E-state index contributed by atoms with van der Waals surface area (Å²) in [7, 11) is 0. The number of hydrogen-bond acceptors (Lipinski definition) is 4. The summed E-state index contributed by atoms with van der Waals surface area (Å²) in [5, 5.41) is 0.0799. The second-order valence-corrected chi connectivity index (χ2v) is 4.48. The molecule has 0 N–H and O–H groups in total. The van der Waals surface area contributed by atoms with Crippen LogP contribution in [0.2, 0.25) is 5.02 Å². The predicted octanol–water partition coefficient (Wildman–Crippen LogP) is 2.27. The number of ether oxygens (including phenoxy) is 2. The van der Waals surface area contributed by atoms with Crippen molar-refractivity contribution in [2.75, 3.05) is 26.3 Å². The molecule has 0 unspecified atom stereocenters. The third kappa shape index (κ3) is 5.59. The van der Waals surface area contributed by atoms with Crippen molar-refractivity contribution >= 4 is 23.5 Å². The summed E-state index contributed by atoms with van der Waals surface area (Å²) in [6.45, 7) is 3.60. The van der Waals surface area contributed by atoms with Crippen LogP contribution in [-0.2, 0) is 14.3 Å². The van der Waals surface area contributed by atoms with Crippen LogP contribution in [0.25, 0.3) is 0 Å². The fraction of sp³-hybridized carbons (Fsp3) is 0.429. The zero-order valence-electron chi connectivity index (χ0n) is 11.9.